The summed E-state index contributed by atoms with van der Waals surface area (Å²) in [5.74, 6) is -0.822. The van der Waals surface area contributed by atoms with Gasteiger partial charge in [0.05, 0.1) is 10.6 Å². The number of rotatable bonds is 9. The number of nitrogens with zero attached hydrogens (tertiary/aromatic N) is 2. The van der Waals surface area contributed by atoms with Crippen LogP contribution in [0, 0.1) is 13.8 Å². The van der Waals surface area contributed by atoms with E-state index in [9.17, 15) is 18.0 Å². The van der Waals surface area contributed by atoms with Gasteiger partial charge in [-0.05, 0) is 83.5 Å². The first kappa shape index (κ1) is 30.4. The zero-order chi connectivity index (χ0) is 29.0. The van der Waals surface area contributed by atoms with E-state index in [0.717, 1.165) is 25.5 Å². The average Bonchev–Trinajstić information content (AvgIpc) is 2.85. The van der Waals surface area contributed by atoms with Gasteiger partial charge in [-0.3, -0.25) is 13.9 Å². The zero-order valence-electron chi connectivity index (χ0n) is 23.2. The molecule has 0 saturated carbocycles. The van der Waals surface area contributed by atoms with Crippen molar-refractivity contribution in [2.75, 3.05) is 10.8 Å². The van der Waals surface area contributed by atoms with E-state index in [4.69, 9.17) is 0 Å². The minimum atomic E-state index is -4.09. The summed E-state index contributed by atoms with van der Waals surface area (Å²) in [4.78, 5) is 28.6. The Morgan fingerprint density at radius 1 is 0.923 bits per heavy atom. The van der Waals surface area contributed by atoms with Gasteiger partial charge in [-0.15, -0.1) is 0 Å². The number of halogens is 1. The number of carbonyl (C=O) groups is 2. The van der Waals surface area contributed by atoms with Crippen LogP contribution >= 0.6 is 15.9 Å². The van der Waals surface area contributed by atoms with Crippen LogP contribution in [0.25, 0.3) is 0 Å². The van der Waals surface area contributed by atoms with Crippen LogP contribution in [0.5, 0.6) is 0 Å². The van der Waals surface area contributed by atoms with Gasteiger partial charge in [0.25, 0.3) is 10.0 Å². The van der Waals surface area contributed by atoms with Gasteiger partial charge in [-0.2, -0.15) is 0 Å². The molecule has 208 valence electrons. The summed E-state index contributed by atoms with van der Waals surface area (Å²) in [6, 6.07) is 20.1. The van der Waals surface area contributed by atoms with Gasteiger partial charge in [-0.1, -0.05) is 63.5 Å². The van der Waals surface area contributed by atoms with Gasteiger partial charge < -0.3 is 10.2 Å². The van der Waals surface area contributed by atoms with Gasteiger partial charge in [-0.25, -0.2) is 8.42 Å². The molecule has 0 heterocycles. The number of benzene rings is 3. The van der Waals surface area contributed by atoms with Gasteiger partial charge >= 0.3 is 0 Å². The number of hydrogen-bond donors (Lipinski definition) is 1. The summed E-state index contributed by atoms with van der Waals surface area (Å²) in [7, 11) is -4.09. The van der Waals surface area contributed by atoms with Crippen LogP contribution in [0.3, 0.4) is 0 Å². The normalized spacial score (nSPS) is 12.5. The van der Waals surface area contributed by atoms with Crippen molar-refractivity contribution in [3.63, 3.8) is 0 Å². The van der Waals surface area contributed by atoms with Crippen molar-refractivity contribution in [2.45, 2.75) is 64.6 Å². The maximum Gasteiger partial charge on any atom is 0.264 e. The highest BCUT2D eigenvalue weighted by Crippen LogP contribution is 2.25. The van der Waals surface area contributed by atoms with Crippen molar-refractivity contribution in [3.05, 3.63) is 94.0 Å². The average molecular weight is 615 g/mol. The third-order valence-electron chi connectivity index (χ3n) is 6.12. The molecule has 1 unspecified atom stereocenters. The lowest BCUT2D eigenvalue weighted by Crippen LogP contribution is -2.54. The molecule has 0 radical (unpaired) electrons. The van der Waals surface area contributed by atoms with Crippen molar-refractivity contribution in [2.24, 2.45) is 0 Å². The van der Waals surface area contributed by atoms with E-state index in [1.807, 2.05) is 58.9 Å². The molecule has 0 fully saturated rings. The van der Waals surface area contributed by atoms with Crippen LogP contribution in [-0.2, 0) is 26.2 Å². The van der Waals surface area contributed by atoms with Gasteiger partial charge in [0, 0.05) is 16.6 Å². The number of amides is 2. The molecule has 7 nitrogen and oxygen atoms in total. The zero-order valence-corrected chi connectivity index (χ0v) is 25.6. The van der Waals surface area contributed by atoms with Gasteiger partial charge in [0.15, 0.2) is 0 Å². The first-order valence-corrected chi connectivity index (χ1v) is 14.9. The predicted octanol–water partition coefficient (Wildman–Crippen LogP) is 5.59. The van der Waals surface area contributed by atoms with Crippen molar-refractivity contribution in [1.29, 1.82) is 0 Å². The number of nitrogens with one attached hydrogen (secondary N) is 1. The molecule has 39 heavy (non-hydrogen) atoms. The molecule has 0 bridgehead atoms. The molecule has 9 heteroatoms. The fraction of sp³-hybridized carbons (Fsp3) is 0.333. The Bertz CT molecular complexity index is 1420. The summed E-state index contributed by atoms with van der Waals surface area (Å²) >= 11 is 3.46. The Hall–Kier alpha value is -3.17. The lowest BCUT2D eigenvalue weighted by Gasteiger charge is -2.33. The Balaban J connectivity index is 2.03. The van der Waals surface area contributed by atoms with E-state index in [0.29, 0.717) is 5.69 Å². The van der Waals surface area contributed by atoms with Crippen LogP contribution in [0.2, 0.25) is 0 Å². The maximum absolute atomic E-state index is 14.0. The molecule has 0 spiro atoms. The molecule has 0 aliphatic rings. The van der Waals surface area contributed by atoms with Crippen molar-refractivity contribution in [1.82, 2.24) is 10.2 Å². The fourth-order valence-corrected chi connectivity index (χ4v) is 5.83. The Morgan fingerprint density at radius 3 is 2.03 bits per heavy atom. The highest BCUT2D eigenvalue weighted by molar-refractivity contribution is 9.10. The molecule has 3 rings (SSSR count). The minimum absolute atomic E-state index is 0.0820. The van der Waals surface area contributed by atoms with Crippen LogP contribution in [0.1, 0.15) is 44.4 Å². The van der Waals surface area contributed by atoms with E-state index < -0.39 is 34.1 Å². The van der Waals surface area contributed by atoms with E-state index in [2.05, 4.69) is 21.2 Å². The highest BCUT2D eigenvalue weighted by Gasteiger charge is 2.33. The van der Waals surface area contributed by atoms with Crippen molar-refractivity contribution in [3.8, 4) is 0 Å². The number of anilines is 1. The van der Waals surface area contributed by atoms with Crippen LogP contribution in [0.15, 0.2) is 82.2 Å². The minimum Gasteiger partial charge on any atom is -0.350 e. The fourth-order valence-electron chi connectivity index (χ4n) is 3.97. The quantitative estimate of drug-likeness (QED) is 0.341. The molecular weight excluding hydrogens is 578 g/mol. The summed E-state index contributed by atoms with van der Waals surface area (Å²) in [5.41, 5.74) is 2.55. The lowest BCUT2D eigenvalue weighted by molar-refractivity contribution is -0.140. The van der Waals surface area contributed by atoms with Crippen LogP contribution in [-0.4, -0.2) is 43.3 Å². The predicted molar refractivity (Wildman–Crippen MR) is 159 cm³/mol. The molecule has 3 aromatic carbocycles. The highest BCUT2D eigenvalue weighted by atomic mass is 79.9. The van der Waals surface area contributed by atoms with Gasteiger partial charge in [0.1, 0.15) is 12.6 Å². The molecule has 0 saturated heterocycles. The molecule has 2 amide bonds. The second-order valence-electron chi connectivity index (χ2n) is 10.7. The smallest absolute Gasteiger partial charge is 0.264 e. The monoisotopic (exact) mass is 613 g/mol. The first-order chi connectivity index (χ1) is 18.2. The summed E-state index contributed by atoms with van der Waals surface area (Å²) in [6.07, 6.45) is 0. The molecule has 1 atom stereocenters. The first-order valence-electron chi connectivity index (χ1n) is 12.7. The second-order valence-corrected chi connectivity index (χ2v) is 13.5. The van der Waals surface area contributed by atoms with E-state index in [1.165, 1.54) is 17.0 Å². The summed E-state index contributed by atoms with van der Waals surface area (Å²) in [5, 5.41) is 2.93. The number of aryl methyl sites for hydroxylation is 2. The lowest BCUT2D eigenvalue weighted by atomic mass is 10.1. The van der Waals surface area contributed by atoms with Gasteiger partial charge in [0.2, 0.25) is 11.8 Å². The third kappa shape index (κ3) is 8.16. The van der Waals surface area contributed by atoms with Crippen LogP contribution in [0.4, 0.5) is 5.69 Å². The van der Waals surface area contributed by atoms with E-state index in [1.54, 1.807) is 43.3 Å². The third-order valence-corrected chi connectivity index (χ3v) is 8.40. The Morgan fingerprint density at radius 2 is 1.49 bits per heavy atom. The topological polar surface area (TPSA) is 86.8 Å². The summed E-state index contributed by atoms with van der Waals surface area (Å²) < 4.78 is 29.7. The van der Waals surface area contributed by atoms with Crippen molar-refractivity contribution >= 4 is 43.5 Å². The van der Waals surface area contributed by atoms with Crippen molar-refractivity contribution < 1.29 is 18.0 Å². The SMILES string of the molecule is Cc1ccc(N(CC(=O)N(Cc2cccc(Br)c2)C(C)C(=O)NC(C)(C)C)S(=O)(=O)c2ccc(C)cc2)cc1. The molecule has 0 aromatic heterocycles. The largest absolute Gasteiger partial charge is 0.350 e. The molecule has 1 N–H and O–H groups in total. The molecular formula is C30H36BrN3O4S. The Kier molecular flexibility index (Phi) is 9.61. The summed E-state index contributed by atoms with van der Waals surface area (Å²) in [6.45, 7) is 10.7. The number of hydrogen-bond acceptors (Lipinski definition) is 4. The second kappa shape index (κ2) is 12.3. The number of sulfonamides is 1. The number of carbonyl (C=O) groups excluding carboxylic acids is 2. The molecule has 0 aliphatic heterocycles. The standard InChI is InChI=1S/C30H36BrN3O4S/c1-21-10-14-26(15-11-21)34(39(37,38)27-16-12-22(2)13-17-27)20-28(35)33(19-24-8-7-9-25(31)18-24)23(3)29(36)32-30(4,5)6/h7-18,23H,19-20H2,1-6H3,(H,32,36). The molecule has 3 aromatic rings. The maximum atomic E-state index is 14.0. The van der Waals surface area contributed by atoms with Crippen LogP contribution < -0.4 is 9.62 Å². The van der Waals surface area contributed by atoms with E-state index in [-0.39, 0.29) is 17.3 Å². The van der Waals surface area contributed by atoms with E-state index >= 15 is 0 Å². The Labute approximate surface area is 240 Å². The molecule has 0 aliphatic carbocycles.